The lowest BCUT2D eigenvalue weighted by molar-refractivity contribution is -0.136. The Hall–Kier alpha value is -1.92. The highest BCUT2D eigenvalue weighted by Gasteiger charge is 2.49. The van der Waals surface area contributed by atoms with Crippen LogP contribution in [0.25, 0.3) is 0 Å². The molecule has 1 saturated carbocycles. The van der Waals surface area contributed by atoms with Crippen molar-refractivity contribution in [1.82, 2.24) is 15.1 Å². The maximum Gasteiger partial charge on any atom is 0.226 e. The number of hydrogen-bond donors (Lipinski definition) is 1. The van der Waals surface area contributed by atoms with Crippen molar-refractivity contribution in [1.29, 1.82) is 0 Å². The van der Waals surface area contributed by atoms with Crippen LogP contribution in [0.1, 0.15) is 24.8 Å². The normalized spacial score (nSPS) is 25.6. The van der Waals surface area contributed by atoms with Crippen molar-refractivity contribution in [2.24, 2.45) is 17.8 Å². The number of nitrogens with zero attached hydrogens (tertiary/aromatic N) is 2. The molecule has 3 aliphatic rings. The van der Waals surface area contributed by atoms with Gasteiger partial charge in [-0.05, 0) is 37.2 Å². The van der Waals surface area contributed by atoms with Crippen LogP contribution >= 0.6 is 0 Å². The van der Waals surface area contributed by atoms with E-state index >= 15 is 0 Å². The Morgan fingerprint density at radius 1 is 1.00 bits per heavy atom. The minimum absolute atomic E-state index is 0.0515. The summed E-state index contributed by atoms with van der Waals surface area (Å²) in [5, 5.41) is 3.02. The topological polar surface area (TPSA) is 61.9 Å². The quantitative estimate of drug-likeness (QED) is 0.756. The van der Waals surface area contributed by atoms with E-state index in [0.717, 1.165) is 65.2 Å². The van der Waals surface area contributed by atoms with E-state index in [4.69, 9.17) is 4.74 Å². The molecule has 2 saturated heterocycles. The average molecular weight is 400 g/mol. The Morgan fingerprint density at radius 3 is 2.45 bits per heavy atom. The van der Waals surface area contributed by atoms with Crippen LogP contribution in [0.5, 0.6) is 0 Å². The molecule has 2 unspecified atom stereocenters. The first kappa shape index (κ1) is 20.4. The maximum absolute atomic E-state index is 12.8. The van der Waals surface area contributed by atoms with E-state index < -0.39 is 0 Å². The smallest absolute Gasteiger partial charge is 0.226 e. The third kappa shape index (κ3) is 5.58. The number of benzene rings is 1. The van der Waals surface area contributed by atoms with Gasteiger partial charge in [-0.25, -0.2) is 0 Å². The van der Waals surface area contributed by atoms with Gasteiger partial charge in [0.15, 0.2) is 0 Å². The number of piperidine rings is 1. The molecule has 1 aromatic rings. The minimum Gasteiger partial charge on any atom is -0.379 e. The molecular weight excluding hydrogens is 366 g/mol. The van der Waals surface area contributed by atoms with E-state index in [2.05, 4.69) is 40.5 Å². The summed E-state index contributed by atoms with van der Waals surface area (Å²) < 4.78 is 5.34. The molecule has 4 rings (SSSR count). The molecule has 2 amide bonds. The van der Waals surface area contributed by atoms with Crippen LogP contribution < -0.4 is 5.32 Å². The minimum atomic E-state index is -0.116. The highest BCUT2D eigenvalue weighted by atomic mass is 16.5. The molecule has 0 spiro atoms. The first-order valence-corrected chi connectivity index (χ1v) is 11.1. The van der Waals surface area contributed by atoms with Crippen molar-refractivity contribution in [2.75, 3.05) is 52.5 Å². The second kappa shape index (κ2) is 9.72. The molecule has 3 fully saturated rings. The van der Waals surface area contributed by atoms with Gasteiger partial charge >= 0.3 is 0 Å². The van der Waals surface area contributed by atoms with E-state index in [-0.39, 0.29) is 23.7 Å². The summed E-state index contributed by atoms with van der Waals surface area (Å²) in [6.45, 7) is 6.58. The molecule has 1 aromatic carbocycles. The summed E-state index contributed by atoms with van der Waals surface area (Å²) in [6.07, 6.45) is 3.93. The lowest BCUT2D eigenvalue weighted by atomic mass is 9.90. The maximum atomic E-state index is 12.8. The van der Waals surface area contributed by atoms with Crippen molar-refractivity contribution in [3.63, 3.8) is 0 Å². The number of morpholine rings is 1. The Labute approximate surface area is 173 Å². The molecule has 29 heavy (non-hydrogen) atoms. The highest BCUT2D eigenvalue weighted by Crippen LogP contribution is 2.40. The van der Waals surface area contributed by atoms with Gasteiger partial charge in [-0.2, -0.15) is 0 Å². The van der Waals surface area contributed by atoms with Crippen LogP contribution in [0, 0.1) is 17.8 Å². The van der Waals surface area contributed by atoms with Crippen LogP contribution in [0.15, 0.2) is 30.3 Å². The summed E-state index contributed by atoms with van der Waals surface area (Å²) in [7, 11) is 0. The molecule has 0 bridgehead atoms. The predicted octanol–water partition coefficient (Wildman–Crippen LogP) is 1.55. The van der Waals surface area contributed by atoms with Gasteiger partial charge in [0, 0.05) is 39.3 Å². The first-order chi connectivity index (χ1) is 14.2. The van der Waals surface area contributed by atoms with Gasteiger partial charge in [0.1, 0.15) is 0 Å². The zero-order valence-electron chi connectivity index (χ0n) is 17.2. The van der Waals surface area contributed by atoms with Gasteiger partial charge in [-0.3, -0.25) is 14.5 Å². The van der Waals surface area contributed by atoms with Gasteiger partial charge in [0.2, 0.25) is 11.8 Å². The number of amides is 2. The van der Waals surface area contributed by atoms with Crippen molar-refractivity contribution in [3.8, 4) is 0 Å². The summed E-state index contributed by atoms with van der Waals surface area (Å²) in [5.74, 6) is 0.685. The van der Waals surface area contributed by atoms with Crippen molar-refractivity contribution in [2.45, 2.75) is 25.7 Å². The largest absolute Gasteiger partial charge is 0.379 e. The average Bonchev–Trinajstić information content (AvgIpc) is 3.56. The highest BCUT2D eigenvalue weighted by molar-refractivity contribution is 5.92. The molecule has 2 atom stereocenters. The van der Waals surface area contributed by atoms with Gasteiger partial charge in [-0.1, -0.05) is 30.3 Å². The van der Waals surface area contributed by atoms with Crippen molar-refractivity contribution >= 4 is 11.8 Å². The molecule has 158 valence electrons. The van der Waals surface area contributed by atoms with Gasteiger partial charge in [-0.15, -0.1) is 0 Å². The molecule has 1 N–H and O–H groups in total. The van der Waals surface area contributed by atoms with Crippen molar-refractivity contribution in [3.05, 3.63) is 35.9 Å². The Kier molecular flexibility index (Phi) is 6.82. The molecular formula is C23H33N3O3. The monoisotopic (exact) mass is 399 g/mol. The van der Waals surface area contributed by atoms with E-state index in [1.54, 1.807) is 0 Å². The fraction of sp³-hybridized carbons (Fsp3) is 0.652. The fourth-order valence-electron chi connectivity index (χ4n) is 4.59. The van der Waals surface area contributed by atoms with Crippen LogP contribution in [0.3, 0.4) is 0 Å². The van der Waals surface area contributed by atoms with Gasteiger partial charge in [0.25, 0.3) is 0 Å². The van der Waals surface area contributed by atoms with Crippen LogP contribution in [-0.4, -0.2) is 74.1 Å². The second-order valence-electron chi connectivity index (χ2n) is 8.65. The number of likely N-dealkylation sites (tertiary alicyclic amines) is 1. The third-order valence-electron chi connectivity index (χ3n) is 6.57. The molecule has 2 aliphatic heterocycles. The fourth-order valence-corrected chi connectivity index (χ4v) is 4.59. The summed E-state index contributed by atoms with van der Waals surface area (Å²) in [5.41, 5.74) is 1.38. The van der Waals surface area contributed by atoms with Crippen molar-refractivity contribution < 1.29 is 14.3 Å². The molecule has 0 radical (unpaired) electrons. The lowest BCUT2D eigenvalue weighted by Gasteiger charge is -2.32. The lowest BCUT2D eigenvalue weighted by Crippen LogP contribution is -2.42. The first-order valence-electron chi connectivity index (χ1n) is 11.1. The molecule has 2 heterocycles. The number of ether oxygens (including phenoxy) is 1. The van der Waals surface area contributed by atoms with E-state index in [0.29, 0.717) is 18.9 Å². The predicted molar refractivity (Wildman–Crippen MR) is 111 cm³/mol. The summed E-state index contributed by atoms with van der Waals surface area (Å²) in [4.78, 5) is 29.5. The van der Waals surface area contributed by atoms with Gasteiger partial charge in [0.05, 0.1) is 25.0 Å². The summed E-state index contributed by atoms with van der Waals surface area (Å²) >= 11 is 0. The number of hydrogen-bond acceptors (Lipinski definition) is 4. The van der Waals surface area contributed by atoms with Gasteiger partial charge < -0.3 is 15.0 Å². The number of carbonyl (C=O) groups is 2. The number of nitrogens with one attached hydrogen (secondary N) is 1. The SMILES string of the molecule is O=C(NCCN1CCOCC1)C1CC1C(=O)N1CCC(Cc2ccccc2)CC1. The van der Waals surface area contributed by atoms with Crippen LogP contribution in [0.2, 0.25) is 0 Å². The zero-order chi connectivity index (χ0) is 20.1. The van der Waals surface area contributed by atoms with E-state index in [1.807, 2.05) is 4.90 Å². The number of rotatable bonds is 7. The Bertz CT molecular complexity index is 682. The second-order valence-corrected chi connectivity index (χ2v) is 8.65. The Balaban J connectivity index is 1.14. The molecule has 6 nitrogen and oxygen atoms in total. The molecule has 0 aromatic heterocycles. The Morgan fingerprint density at radius 2 is 1.72 bits per heavy atom. The standard InChI is InChI=1S/C23H33N3O3/c27-22(24-8-11-25-12-14-29-15-13-25)20-17-21(20)23(28)26-9-6-19(7-10-26)16-18-4-2-1-3-5-18/h1-5,19-21H,6-17H2,(H,24,27). The summed E-state index contributed by atoms with van der Waals surface area (Å²) in [6, 6.07) is 10.6. The third-order valence-corrected chi connectivity index (χ3v) is 6.57. The van der Waals surface area contributed by atoms with E-state index in [1.165, 1.54) is 5.56 Å². The molecule has 6 heteroatoms. The zero-order valence-corrected chi connectivity index (χ0v) is 17.2. The molecule has 1 aliphatic carbocycles. The number of carbonyl (C=O) groups excluding carboxylic acids is 2. The van der Waals surface area contributed by atoms with Crippen LogP contribution in [-0.2, 0) is 20.7 Å². The van der Waals surface area contributed by atoms with E-state index in [9.17, 15) is 9.59 Å². The van der Waals surface area contributed by atoms with Crippen LogP contribution in [0.4, 0.5) is 0 Å².